The number of aromatic nitrogens is 2. The molecule has 3 aliphatic heterocycles. The molecular weight excluding hydrogens is 563 g/mol. The van der Waals surface area contributed by atoms with Gasteiger partial charge in [0.05, 0.1) is 0 Å². The van der Waals surface area contributed by atoms with Gasteiger partial charge in [-0.15, -0.1) is 0 Å². The molecule has 2 aromatic carbocycles. The van der Waals surface area contributed by atoms with Crippen molar-refractivity contribution < 1.29 is 34.7 Å². The van der Waals surface area contributed by atoms with Crippen LogP contribution in [0.3, 0.4) is 0 Å². The summed E-state index contributed by atoms with van der Waals surface area (Å²) in [5, 5.41) is 3.93. The van der Waals surface area contributed by atoms with E-state index in [1.807, 2.05) is 6.07 Å². The number of nitrogens with zero attached hydrogens (tertiary/aromatic N) is 4. The monoisotopic (exact) mass is 592 g/mol. The molecule has 3 saturated heterocycles. The Morgan fingerprint density at radius 1 is 1.11 bits per heavy atom. The van der Waals surface area contributed by atoms with Crippen LogP contribution in [0.15, 0.2) is 30.6 Å². The molecule has 1 atom stereocenters. The Morgan fingerprint density at radius 3 is 2.63 bits per heavy atom. The van der Waals surface area contributed by atoms with E-state index in [0.717, 1.165) is 47.4 Å². The summed E-state index contributed by atoms with van der Waals surface area (Å²) >= 11 is -0.123. The van der Waals surface area contributed by atoms with Crippen molar-refractivity contribution in [2.45, 2.75) is 23.2 Å². The van der Waals surface area contributed by atoms with E-state index in [1.165, 1.54) is 37.7 Å². The fourth-order valence-corrected chi connectivity index (χ4v) is 7.21. The Bertz CT molecular complexity index is 1280. The van der Waals surface area contributed by atoms with E-state index >= 15 is 4.39 Å². The van der Waals surface area contributed by atoms with Crippen molar-refractivity contribution >= 4 is 28.1 Å². The van der Waals surface area contributed by atoms with Crippen molar-refractivity contribution in [2.24, 2.45) is 5.41 Å². The van der Waals surface area contributed by atoms with Gasteiger partial charge in [0.2, 0.25) is 0 Å². The second-order valence-electron chi connectivity index (χ2n) is 9.96. The van der Waals surface area contributed by atoms with E-state index in [4.69, 9.17) is 4.74 Å². The van der Waals surface area contributed by atoms with Crippen molar-refractivity contribution in [1.82, 2.24) is 14.9 Å². The normalized spacial score (nSPS) is 21.8. The SMILES string of the molecule is COc1cc2ncnc(Nc3ccc(F)c(C4C[I-]4)c3F)c2cc1N1CCC2(CCN(C)CC2)C1. The molecule has 0 aliphatic carbocycles. The van der Waals surface area contributed by atoms with E-state index in [2.05, 4.69) is 38.2 Å². The van der Waals surface area contributed by atoms with Crippen molar-refractivity contribution in [2.75, 3.05) is 55.0 Å². The molecule has 9 heteroatoms. The van der Waals surface area contributed by atoms with Gasteiger partial charge in [0, 0.05) is 0 Å². The molecule has 6 rings (SSSR count). The molecule has 4 heterocycles. The number of nitrogens with one attached hydrogen (secondary N) is 1. The number of fused-ring (bicyclic) bond motifs is 1. The summed E-state index contributed by atoms with van der Waals surface area (Å²) < 4.78 is 36.3. The number of piperidine rings is 1. The van der Waals surface area contributed by atoms with Crippen LogP contribution in [0, 0.1) is 17.0 Å². The molecule has 186 valence electrons. The van der Waals surface area contributed by atoms with Crippen LogP contribution in [-0.4, -0.2) is 59.6 Å². The van der Waals surface area contributed by atoms with Crippen molar-refractivity contribution in [3.63, 3.8) is 0 Å². The topological polar surface area (TPSA) is 53.5 Å². The first-order valence-corrected chi connectivity index (χ1v) is 14.8. The van der Waals surface area contributed by atoms with Crippen LogP contribution in [0.4, 0.5) is 26.0 Å². The third-order valence-corrected chi connectivity index (χ3v) is 10.1. The van der Waals surface area contributed by atoms with Crippen LogP contribution < -0.4 is 36.2 Å². The van der Waals surface area contributed by atoms with Gasteiger partial charge in [-0.25, -0.2) is 0 Å². The second kappa shape index (κ2) is 8.99. The fraction of sp³-hybridized carbons (Fsp3) is 0.462. The molecule has 0 bridgehead atoms. The predicted molar refractivity (Wildman–Crippen MR) is 129 cm³/mol. The third kappa shape index (κ3) is 4.30. The average molecular weight is 592 g/mol. The number of methoxy groups -OCH3 is 1. The van der Waals surface area contributed by atoms with E-state index in [9.17, 15) is 4.39 Å². The second-order valence-corrected chi connectivity index (χ2v) is 13.2. The molecule has 3 fully saturated rings. The summed E-state index contributed by atoms with van der Waals surface area (Å²) in [4.78, 5) is 13.7. The van der Waals surface area contributed by atoms with Gasteiger partial charge >= 0.3 is 177 Å². The number of ether oxygens (including phenoxy) is 1. The van der Waals surface area contributed by atoms with Gasteiger partial charge in [-0.2, -0.15) is 0 Å². The molecule has 0 amide bonds. The van der Waals surface area contributed by atoms with Gasteiger partial charge in [-0.3, -0.25) is 0 Å². The fourth-order valence-electron chi connectivity index (χ4n) is 5.50. The first kappa shape index (κ1) is 23.1. The molecule has 1 spiro atoms. The van der Waals surface area contributed by atoms with Gasteiger partial charge in [0.15, 0.2) is 0 Å². The number of hydrogen-bond acceptors (Lipinski definition) is 6. The maximum atomic E-state index is 15.2. The number of likely N-dealkylation sites (tertiary alicyclic amines) is 1. The van der Waals surface area contributed by atoms with Crippen molar-refractivity contribution in [1.29, 1.82) is 0 Å². The number of anilines is 3. The van der Waals surface area contributed by atoms with Crippen LogP contribution in [0.2, 0.25) is 0 Å². The Balaban J connectivity index is 1.35. The summed E-state index contributed by atoms with van der Waals surface area (Å²) in [6.07, 6.45) is 5.05. The van der Waals surface area contributed by atoms with Crippen LogP contribution in [0.1, 0.15) is 28.8 Å². The number of rotatable bonds is 5. The minimum absolute atomic E-state index is 0.0793. The predicted octanol–water partition coefficient (Wildman–Crippen LogP) is 1.73. The summed E-state index contributed by atoms with van der Waals surface area (Å²) in [7, 11) is 3.88. The number of hydrogen-bond donors (Lipinski definition) is 1. The standard InChI is InChI=1S/C26H29F2IN5O/c1-33-8-5-26(6-9-33)7-10-34(14-26)21-11-16-20(12-22(21)35-2)30-15-31-25(16)32-19-4-3-17(27)23(24(19)28)18-13-29-18/h3-4,11-12,15,18H,5-10,13-14H2,1-2H3,(H,30,31,32)/q-1. The van der Waals surface area contributed by atoms with E-state index < -0.39 is 11.6 Å². The molecule has 6 nitrogen and oxygen atoms in total. The molecule has 1 N–H and O–H groups in total. The van der Waals surface area contributed by atoms with Crippen molar-refractivity contribution in [3.05, 3.63) is 47.8 Å². The molecule has 0 saturated carbocycles. The Hall–Kier alpha value is -2.27. The number of alkyl halides is 2. The van der Waals surface area contributed by atoms with Gasteiger partial charge in [-0.05, 0) is 33.0 Å². The van der Waals surface area contributed by atoms with E-state index in [1.54, 1.807) is 7.11 Å². The Kier molecular flexibility index (Phi) is 5.95. The molecule has 1 unspecified atom stereocenters. The van der Waals surface area contributed by atoms with E-state index in [-0.39, 0.29) is 36.4 Å². The number of halogens is 3. The van der Waals surface area contributed by atoms with Crippen molar-refractivity contribution in [3.8, 4) is 5.75 Å². The zero-order chi connectivity index (χ0) is 24.2. The summed E-state index contributed by atoms with van der Waals surface area (Å²) in [5.74, 6) is 0.331. The van der Waals surface area contributed by atoms with Gasteiger partial charge < -0.3 is 4.90 Å². The Labute approximate surface area is 214 Å². The molecule has 35 heavy (non-hydrogen) atoms. The first-order valence-electron chi connectivity index (χ1n) is 12.1. The minimum atomic E-state index is -0.503. The number of benzene rings is 2. The van der Waals surface area contributed by atoms with Gasteiger partial charge in [-0.1, -0.05) is 0 Å². The van der Waals surface area contributed by atoms with Crippen LogP contribution in [0.25, 0.3) is 10.9 Å². The van der Waals surface area contributed by atoms with Crippen LogP contribution in [-0.2, 0) is 0 Å². The molecule has 3 aromatic rings. The Morgan fingerprint density at radius 2 is 1.89 bits per heavy atom. The molecule has 0 radical (unpaired) electrons. The third-order valence-electron chi connectivity index (χ3n) is 7.76. The molecule has 3 aliphatic rings. The van der Waals surface area contributed by atoms with Crippen LogP contribution in [0.5, 0.6) is 5.75 Å². The summed E-state index contributed by atoms with van der Waals surface area (Å²) in [5.41, 5.74) is 2.55. The first-order chi connectivity index (χ1) is 17.0. The zero-order valence-corrected chi connectivity index (χ0v) is 22.1. The quantitative estimate of drug-likeness (QED) is 0.360. The van der Waals surface area contributed by atoms with E-state index in [0.29, 0.717) is 16.7 Å². The van der Waals surface area contributed by atoms with Gasteiger partial charge in [0.25, 0.3) is 0 Å². The summed E-state index contributed by atoms with van der Waals surface area (Å²) in [6.45, 7) is 4.25. The maximum absolute atomic E-state index is 15.2. The molecular formula is C26H29F2IN5O-. The average Bonchev–Trinajstić information content (AvgIpc) is 3.62. The molecule has 1 aromatic heterocycles. The van der Waals surface area contributed by atoms with Gasteiger partial charge in [0.1, 0.15) is 0 Å². The van der Waals surface area contributed by atoms with Crippen LogP contribution >= 0.6 is 0 Å². The summed E-state index contributed by atoms with van der Waals surface area (Å²) in [6, 6.07) is 6.79. The zero-order valence-electron chi connectivity index (χ0n) is 20.0.